The van der Waals surface area contributed by atoms with Gasteiger partial charge in [-0.1, -0.05) is 41.9 Å². The number of ether oxygens (including phenoxy) is 2. The number of fused-ring (bicyclic) bond motifs is 2. The minimum Gasteiger partial charge on any atom is -0.507 e. The average Bonchev–Trinajstić information content (AvgIpc) is 3.52. The van der Waals surface area contributed by atoms with E-state index >= 15 is 0 Å². The lowest BCUT2D eigenvalue weighted by Crippen LogP contribution is -2.49. The molecule has 6 rings (SSSR count). The van der Waals surface area contributed by atoms with Crippen molar-refractivity contribution >= 4 is 50.5 Å². The SMILES string of the molecule is CC(C)(C)OC(=O)N1CCN(Cc2c(O)ccc3c2O/C(=C\c2cn(S(=O)(=O)c4ccccc4Cl)c4ccccc24)C3=O)CC1. The number of phenolic OH excluding ortho intramolecular Hbond substituents is 1. The molecule has 3 heterocycles. The second-order valence-corrected chi connectivity index (χ2v) is 14.1. The zero-order valence-corrected chi connectivity index (χ0v) is 26.6. The minimum absolute atomic E-state index is 0.00430. The van der Waals surface area contributed by atoms with Crippen LogP contribution in [-0.4, -0.2) is 71.0 Å². The maximum absolute atomic E-state index is 13.7. The Morgan fingerprint density at radius 1 is 1.02 bits per heavy atom. The second-order valence-electron chi connectivity index (χ2n) is 12.0. The Morgan fingerprint density at radius 2 is 1.71 bits per heavy atom. The average molecular weight is 650 g/mol. The number of ketones is 1. The highest BCUT2D eigenvalue weighted by Crippen LogP contribution is 2.41. The van der Waals surface area contributed by atoms with Crippen LogP contribution in [0.25, 0.3) is 17.0 Å². The van der Waals surface area contributed by atoms with Gasteiger partial charge in [-0.05, 0) is 57.2 Å². The maximum Gasteiger partial charge on any atom is 0.410 e. The Hall–Kier alpha value is -4.32. The number of phenols is 1. The zero-order valence-electron chi connectivity index (χ0n) is 25.0. The molecule has 0 saturated carbocycles. The van der Waals surface area contributed by atoms with Gasteiger partial charge in [0.15, 0.2) is 5.76 Å². The Labute approximate surface area is 266 Å². The number of carbonyl (C=O) groups is 2. The number of carbonyl (C=O) groups excluding carboxylic acids is 2. The van der Waals surface area contributed by atoms with E-state index in [1.165, 1.54) is 36.5 Å². The Balaban J connectivity index is 1.28. The van der Waals surface area contributed by atoms with Crippen LogP contribution in [0.15, 0.2) is 77.5 Å². The first kappa shape index (κ1) is 30.7. The maximum atomic E-state index is 13.7. The lowest BCUT2D eigenvalue weighted by atomic mass is 10.0. The second kappa shape index (κ2) is 11.6. The van der Waals surface area contributed by atoms with Crippen molar-refractivity contribution in [2.45, 2.75) is 37.8 Å². The van der Waals surface area contributed by atoms with E-state index in [9.17, 15) is 23.1 Å². The number of piperazine rings is 1. The topological polar surface area (TPSA) is 118 Å². The highest BCUT2D eigenvalue weighted by Gasteiger charge is 2.33. The Bertz CT molecular complexity index is 1970. The lowest BCUT2D eigenvalue weighted by molar-refractivity contribution is 0.0137. The fourth-order valence-electron chi connectivity index (χ4n) is 5.48. The summed E-state index contributed by atoms with van der Waals surface area (Å²) in [4.78, 5) is 29.7. The van der Waals surface area contributed by atoms with Crippen molar-refractivity contribution in [1.82, 2.24) is 13.8 Å². The lowest BCUT2D eigenvalue weighted by Gasteiger charge is -2.35. The van der Waals surface area contributed by atoms with Crippen molar-refractivity contribution in [1.29, 1.82) is 0 Å². The third kappa shape index (κ3) is 5.90. The monoisotopic (exact) mass is 649 g/mol. The molecule has 0 aliphatic carbocycles. The number of aromatic nitrogens is 1. The summed E-state index contributed by atoms with van der Waals surface area (Å²) in [6.07, 6.45) is 2.60. The summed E-state index contributed by atoms with van der Waals surface area (Å²) in [7, 11) is -4.06. The van der Waals surface area contributed by atoms with Gasteiger partial charge in [0.05, 0.1) is 21.7 Å². The van der Waals surface area contributed by atoms with Gasteiger partial charge < -0.3 is 19.5 Å². The molecular formula is C33H32ClN3O7S. The summed E-state index contributed by atoms with van der Waals surface area (Å²) in [6, 6.07) is 16.1. The number of rotatable bonds is 5. The van der Waals surface area contributed by atoms with Crippen molar-refractivity contribution in [2.24, 2.45) is 0 Å². The van der Waals surface area contributed by atoms with Crippen LogP contribution in [0, 0.1) is 0 Å². The predicted molar refractivity (Wildman–Crippen MR) is 170 cm³/mol. The molecule has 4 aromatic rings. The Kier molecular flexibility index (Phi) is 7.88. The standard InChI is InChI=1S/C33H32ClN3O7S/c1-33(2,3)44-32(40)36-16-14-35(15-17-36)20-24-27(38)13-12-23-30(39)28(43-31(23)24)18-21-19-37(26-10-6-4-8-22(21)26)45(41,42)29-11-7-5-9-25(29)34/h4-13,18-19,38H,14-17,20H2,1-3H3/b28-18-. The van der Waals surface area contributed by atoms with E-state index in [-0.39, 0.29) is 39.1 Å². The van der Waals surface area contributed by atoms with Gasteiger partial charge in [0.2, 0.25) is 5.78 Å². The Morgan fingerprint density at radius 3 is 2.42 bits per heavy atom. The summed E-state index contributed by atoms with van der Waals surface area (Å²) in [5.41, 5.74) is 1.04. The molecule has 45 heavy (non-hydrogen) atoms. The largest absolute Gasteiger partial charge is 0.507 e. The van der Waals surface area contributed by atoms with Gasteiger partial charge in [0.1, 0.15) is 22.0 Å². The van der Waals surface area contributed by atoms with E-state index in [2.05, 4.69) is 4.90 Å². The molecule has 0 atom stereocenters. The van der Waals surface area contributed by atoms with Gasteiger partial charge >= 0.3 is 6.09 Å². The van der Waals surface area contributed by atoms with E-state index in [0.29, 0.717) is 60.3 Å². The van der Waals surface area contributed by atoms with Crippen LogP contribution in [0.5, 0.6) is 11.5 Å². The van der Waals surface area contributed by atoms with Crippen LogP contribution >= 0.6 is 11.6 Å². The van der Waals surface area contributed by atoms with Crippen molar-refractivity contribution in [3.05, 3.63) is 94.3 Å². The van der Waals surface area contributed by atoms with E-state index in [0.717, 1.165) is 3.97 Å². The fourth-order valence-corrected chi connectivity index (χ4v) is 7.35. The van der Waals surface area contributed by atoms with Crippen LogP contribution in [0.3, 0.4) is 0 Å². The van der Waals surface area contributed by atoms with E-state index in [4.69, 9.17) is 21.1 Å². The van der Waals surface area contributed by atoms with Gasteiger partial charge in [0.25, 0.3) is 10.0 Å². The molecule has 1 fully saturated rings. The summed E-state index contributed by atoms with van der Waals surface area (Å²) >= 11 is 6.25. The molecular weight excluding hydrogens is 618 g/mol. The summed E-state index contributed by atoms with van der Waals surface area (Å²) in [5, 5.41) is 11.5. The molecule has 0 bridgehead atoms. The van der Waals surface area contributed by atoms with Crippen molar-refractivity contribution in [2.75, 3.05) is 26.2 Å². The van der Waals surface area contributed by atoms with Crippen LogP contribution < -0.4 is 4.74 Å². The van der Waals surface area contributed by atoms with Gasteiger partial charge in [-0.3, -0.25) is 9.69 Å². The van der Waals surface area contributed by atoms with Crippen LogP contribution in [0.4, 0.5) is 4.79 Å². The van der Waals surface area contributed by atoms with Crippen LogP contribution in [0.1, 0.15) is 42.3 Å². The molecule has 1 N–H and O–H groups in total. The summed E-state index contributed by atoms with van der Waals surface area (Å²) in [5.74, 6) is -0.135. The van der Waals surface area contributed by atoms with Gasteiger partial charge in [-0.25, -0.2) is 17.2 Å². The van der Waals surface area contributed by atoms with Crippen LogP contribution in [-0.2, 0) is 21.3 Å². The highest BCUT2D eigenvalue weighted by atomic mass is 35.5. The molecule has 2 aliphatic rings. The minimum atomic E-state index is -4.06. The zero-order chi connectivity index (χ0) is 32.1. The number of halogens is 1. The van der Waals surface area contributed by atoms with Gasteiger partial charge in [-0.15, -0.1) is 0 Å². The molecule has 1 saturated heterocycles. The molecule has 0 spiro atoms. The first-order valence-electron chi connectivity index (χ1n) is 14.4. The number of para-hydroxylation sites is 1. The van der Waals surface area contributed by atoms with E-state index in [1.807, 2.05) is 20.8 Å². The number of hydrogen-bond acceptors (Lipinski definition) is 8. The molecule has 12 heteroatoms. The van der Waals surface area contributed by atoms with Crippen LogP contribution in [0.2, 0.25) is 5.02 Å². The number of nitrogens with zero attached hydrogens (tertiary/aromatic N) is 3. The first-order valence-corrected chi connectivity index (χ1v) is 16.2. The molecule has 234 valence electrons. The third-order valence-corrected chi connectivity index (χ3v) is 9.86. The first-order chi connectivity index (χ1) is 21.3. The number of allylic oxidation sites excluding steroid dienone is 1. The smallest absolute Gasteiger partial charge is 0.410 e. The number of Topliss-reactive ketones (excluding diaryl/α,β-unsaturated/α-hetero) is 1. The van der Waals surface area contributed by atoms with Gasteiger partial charge in [0, 0.05) is 49.9 Å². The predicted octanol–water partition coefficient (Wildman–Crippen LogP) is 5.91. The number of benzene rings is 3. The number of aromatic hydroxyl groups is 1. The molecule has 0 radical (unpaired) electrons. The van der Waals surface area contributed by atoms with Crippen molar-refractivity contribution < 1.29 is 32.6 Å². The van der Waals surface area contributed by atoms with Gasteiger partial charge in [-0.2, -0.15) is 0 Å². The molecule has 1 amide bonds. The highest BCUT2D eigenvalue weighted by molar-refractivity contribution is 7.90. The molecule has 10 nitrogen and oxygen atoms in total. The molecule has 0 unspecified atom stereocenters. The number of hydrogen-bond donors (Lipinski definition) is 1. The number of amides is 1. The van der Waals surface area contributed by atoms with Crippen molar-refractivity contribution in [3.63, 3.8) is 0 Å². The van der Waals surface area contributed by atoms with E-state index in [1.54, 1.807) is 41.3 Å². The molecule has 1 aromatic heterocycles. The normalized spacial score (nSPS) is 16.7. The molecule has 2 aliphatic heterocycles. The summed E-state index contributed by atoms with van der Waals surface area (Å²) in [6.45, 7) is 7.76. The van der Waals surface area contributed by atoms with Crippen molar-refractivity contribution in [3.8, 4) is 11.5 Å². The quantitative estimate of drug-likeness (QED) is 0.265. The summed E-state index contributed by atoms with van der Waals surface area (Å²) < 4.78 is 40.0. The molecule has 3 aromatic carbocycles. The fraction of sp³-hybridized carbons (Fsp3) is 0.273. The third-order valence-electron chi connectivity index (χ3n) is 7.69. The van der Waals surface area contributed by atoms with E-state index < -0.39 is 15.6 Å².